The zero-order valence-corrected chi connectivity index (χ0v) is 27.2. The number of aromatic nitrogens is 2. The summed E-state index contributed by atoms with van der Waals surface area (Å²) in [5, 5.41) is 28.7. The van der Waals surface area contributed by atoms with Crippen molar-refractivity contribution in [2.24, 2.45) is 0 Å². The largest absolute Gasteiger partial charge is 0.871 e. The van der Waals surface area contributed by atoms with Gasteiger partial charge in [0.25, 0.3) is 0 Å². The first-order chi connectivity index (χ1) is 23.4. The summed E-state index contributed by atoms with van der Waals surface area (Å²) < 4.78 is 4.39. The number of rotatable bonds is 10. The van der Waals surface area contributed by atoms with Crippen LogP contribution in [0.15, 0.2) is 120 Å². The molecule has 0 atom stereocenters. The summed E-state index contributed by atoms with van der Waals surface area (Å²) in [6.07, 6.45) is 11.6. The molecule has 0 bridgehead atoms. The minimum atomic E-state index is -0.340. The Labute approximate surface area is 279 Å². The van der Waals surface area contributed by atoms with Crippen LogP contribution in [-0.2, 0) is 22.7 Å². The molecule has 6 heteroatoms. The Balaban J connectivity index is 1.19. The van der Waals surface area contributed by atoms with Crippen LogP contribution in [0.3, 0.4) is 0 Å². The van der Waals surface area contributed by atoms with Crippen molar-refractivity contribution in [3.63, 3.8) is 0 Å². The van der Waals surface area contributed by atoms with Crippen molar-refractivity contribution in [2.45, 2.75) is 52.6 Å². The van der Waals surface area contributed by atoms with Gasteiger partial charge in [-0.3, -0.25) is 9.59 Å². The van der Waals surface area contributed by atoms with Gasteiger partial charge in [-0.1, -0.05) is 80.7 Å². The highest BCUT2D eigenvalue weighted by Crippen LogP contribution is 2.40. The lowest BCUT2D eigenvalue weighted by Gasteiger charge is -2.33. The van der Waals surface area contributed by atoms with Crippen molar-refractivity contribution in [1.82, 2.24) is 0 Å². The van der Waals surface area contributed by atoms with Crippen molar-refractivity contribution in [3.05, 3.63) is 142 Å². The highest BCUT2D eigenvalue weighted by molar-refractivity contribution is 6.42. The summed E-state index contributed by atoms with van der Waals surface area (Å²) in [6, 6.07) is 26.5. The second kappa shape index (κ2) is 12.9. The number of para-hydroxylation sites is 2. The fourth-order valence-corrected chi connectivity index (χ4v) is 6.67. The predicted octanol–water partition coefficient (Wildman–Crippen LogP) is 5.64. The summed E-state index contributed by atoms with van der Waals surface area (Å²) in [4.78, 5) is 26.8. The molecule has 0 unspecified atom stereocenters. The molecular formula is C42H36N2O4. The number of benzene rings is 3. The molecule has 0 radical (unpaired) electrons. The van der Waals surface area contributed by atoms with Crippen LogP contribution in [0.1, 0.15) is 61.8 Å². The lowest BCUT2D eigenvalue weighted by Crippen LogP contribution is -2.34. The third kappa shape index (κ3) is 5.33. The molecular weight excluding hydrogens is 596 g/mol. The van der Waals surface area contributed by atoms with Gasteiger partial charge in [-0.25, -0.2) is 0 Å². The molecule has 2 aromatic heterocycles. The number of fused-ring (bicyclic) bond motifs is 2. The highest BCUT2D eigenvalue weighted by atomic mass is 16.3. The van der Waals surface area contributed by atoms with E-state index in [1.165, 1.54) is 0 Å². The molecule has 48 heavy (non-hydrogen) atoms. The van der Waals surface area contributed by atoms with Crippen LogP contribution in [0.25, 0.3) is 45.1 Å². The predicted molar refractivity (Wildman–Crippen MR) is 184 cm³/mol. The molecule has 0 saturated heterocycles. The number of ketones is 2. The van der Waals surface area contributed by atoms with E-state index in [4.69, 9.17) is 0 Å². The first kappa shape index (κ1) is 31.0. The molecule has 2 aliphatic rings. The Kier molecular flexibility index (Phi) is 8.32. The summed E-state index contributed by atoms with van der Waals surface area (Å²) in [6.45, 7) is 6.10. The van der Waals surface area contributed by atoms with Crippen LogP contribution < -0.4 is 19.3 Å². The van der Waals surface area contributed by atoms with Crippen LogP contribution in [-0.4, -0.2) is 11.6 Å². The van der Waals surface area contributed by atoms with E-state index in [2.05, 4.69) is 23.0 Å². The number of nitrogens with zero attached hydrogens (tertiary/aromatic N) is 2. The Hall–Kier alpha value is -5.62. The molecule has 0 N–H and O–H groups in total. The lowest BCUT2D eigenvalue weighted by molar-refractivity contribution is -0.672. The zero-order chi connectivity index (χ0) is 33.4. The van der Waals surface area contributed by atoms with E-state index in [0.29, 0.717) is 11.1 Å². The van der Waals surface area contributed by atoms with Gasteiger partial charge in [0.2, 0.25) is 11.0 Å². The van der Waals surface area contributed by atoms with Crippen molar-refractivity contribution in [1.29, 1.82) is 0 Å². The van der Waals surface area contributed by atoms with Crippen LogP contribution in [0, 0.1) is 0 Å². The van der Waals surface area contributed by atoms with Gasteiger partial charge in [-0.05, 0) is 52.6 Å². The van der Waals surface area contributed by atoms with Crippen molar-refractivity contribution < 1.29 is 28.9 Å². The molecule has 7 rings (SSSR count). The van der Waals surface area contributed by atoms with E-state index in [-0.39, 0.29) is 45.4 Å². The fourth-order valence-electron chi connectivity index (χ4n) is 6.67. The molecule has 0 saturated carbocycles. The number of aryl methyl sites for hydroxylation is 2. The maximum absolute atomic E-state index is 13.4. The van der Waals surface area contributed by atoms with E-state index in [0.717, 1.165) is 71.7 Å². The number of allylic oxidation sites excluding steroid dienone is 4. The number of hydrogen-bond acceptors (Lipinski definition) is 4. The first-order valence-electron chi connectivity index (χ1n) is 16.7. The van der Waals surface area contributed by atoms with Gasteiger partial charge in [-0.2, -0.15) is 9.13 Å². The average Bonchev–Trinajstić information content (AvgIpc) is 3.12. The summed E-state index contributed by atoms with van der Waals surface area (Å²) in [5.41, 5.74) is 4.94. The number of carbonyl (C=O) groups is 2. The Morgan fingerprint density at radius 1 is 0.583 bits per heavy atom. The highest BCUT2D eigenvalue weighted by Gasteiger charge is 2.32. The van der Waals surface area contributed by atoms with Crippen LogP contribution in [0.4, 0.5) is 0 Å². The Morgan fingerprint density at radius 3 is 1.44 bits per heavy atom. The number of Topliss-reactive ketones (excluding diaryl/α,β-unsaturated/α-hetero) is 2. The van der Waals surface area contributed by atoms with Gasteiger partial charge in [-0.15, -0.1) is 0 Å². The molecule has 2 heterocycles. The smallest absolute Gasteiger partial charge is 0.213 e. The normalized spacial score (nSPS) is 16.4. The molecule has 6 nitrogen and oxygen atoms in total. The number of unbranched alkanes of at least 4 members (excludes halogenated alkanes) is 2. The quantitative estimate of drug-likeness (QED) is 0.147. The monoisotopic (exact) mass is 632 g/mol. The third-order valence-electron chi connectivity index (χ3n) is 9.35. The second-order valence-electron chi connectivity index (χ2n) is 12.4. The maximum Gasteiger partial charge on any atom is 0.213 e. The molecule has 0 spiro atoms. The average molecular weight is 633 g/mol. The van der Waals surface area contributed by atoms with Crippen LogP contribution in [0.2, 0.25) is 0 Å². The lowest BCUT2D eigenvalue weighted by atomic mass is 9.79. The number of carbonyl (C=O) groups excluding carboxylic acids is 2. The van der Waals surface area contributed by atoms with Gasteiger partial charge >= 0.3 is 0 Å². The first-order valence-corrected chi connectivity index (χ1v) is 16.7. The van der Waals surface area contributed by atoms with E-state index in [1.54, 1.807) is 36.4 Å². The summed E-state index contributed by atoms with van der Waals surface area (Å²) in [5.74, 6) is -1.36. The second-order valence-corrected chi connectivity index (χ2v) is 12.4. The minimum Gasteiger partial charge on any atom is -0.871 e. The van der Waals surface area contributed by atoms with Gasteiger partial charge in [0.1, 0.15) is 13.1 Å². The van der Waals surface area contributed by atoms with Gasteiger partial charge < -0.3 is 10.2 Å². The van der Waals surface area contributed by atoms with E-state index >= 15 is 0 Å². The zero-order valence-electron chi connectivity index (χ0n) is 27.2. The van der Waals surface area contributed by atoms with E-state index in [1.807, 2.05) is 73.1 Å². The minimum absolute atomic E-state index is 0.0732. The third-order valence-corrected chi connectivity index (χ3v) is 9.35. The molecule has 238 valence electrons. The SMILES string of the molecule is CCCC[n+]1ccc(/C=C2/C(=O)C(c3cccc(C4=C([O-])/C(=C\c5cc[n+](CCCC)c6ccccc56)C4=O)c3)=C2[O-])c2ccccc21. The molecule has 0 amide bonds. The Bertz CT molecular complexity index is 2110. The van der Waals surface area contributed by atoms with Gasteiger partial charge in [0.05, 0.1) is 10.8 Å². The molecule has 2 aliphatic carbocycles. The summed E-state index contributed by atoms with van der Waals surface area (Å²) in [7, 11) is 0. The van der Waals surface area contributed by atoms with Crippen molar-refractivity contribution in [2.75, 3.05) is 0 Å². The van der Waals surface area contributed by atoms with E-state index in [9.17, 15) is 19.8 Å². The topological polar surface area (TPSA) is 88.0 Å². The molecule has 0 aliphatic heterocycles. The molecule has 0 fully saturated rings. The summed E-state index contributed by atoms with van der Waals surface area (Å²) >= 11 is 0. The number of pyridine rings is 2. The van der Waals surface area contributed by atoms with Gasteiger partial charge in [0.15, 0.2) is 24.0 Å². The van der Waals surface area contributed by atoms with Gasteiger partial charge in [0, 0.05) is 59.4 Å². The standard InChI is InChI=1S/C42H36N2O4/c1-3-5-20-43-22-18-27(31-14-7-9-16-35(31)43)25-33-39(45)37(40(33)46)29-12-11-13-30(24-29)38-41(47)34(42(38)48)26-28-19-23-44(21-6-4-2)36-17-10-8-15-32(28)36/h7-19,22-26H,3-6,20-21H2,1-2H3. The van der Waals surface area contributed by atoms with E-state index < -0.39 is 0 Å². The van der Waals surface area contributed by atoms with Crippen molar-refractivity contribution in [3.8, 4) is 0 Å². The van der Waals surface area contributed by atoms with Crippen LogP contribution in [0.5, 0.6) is 0 Å². The Morgan fingerprint density at radius 2 is 1.02 bits per heavy atom. The molecule has 3 aromatic carbocycles. The van der Waals surface area contributed by atoms with Crippen molar-refractivity contribution >= 4 is 56.7 Å². The fraction of sp³-hybridized carbons (Fsp3) is 0.190. The van der Waals surface area contributed by atoms with Crippen LogP contribution >= 0.6 is 0 Å². The maximum atomic E-state index is 13.4. The molecule has 5 aromatic rings. The number of hydrogen-bond donors (Lipinski definition) is 0.